The second kappa shape index (κ2) is 10.0. The van der Waals surface area contributed by atoms with Crippen molar-refractivity contribution < 1.29 is 19.1 Å². The maximum Gasteiger partial charge on any atom is 0.276 e. The van der Waals surface area contributed by atoms with Crippen LogP contribution in [0, 0.1) is 0 Å². The summed E-state index contributed by atoms with van der Waals surface area (Å²) in [5.74, 6) is -0.167. The zero-order chi connectivity index (χ0) is 19.1. The Morgan fingerprint density at radius 2 is 1.19 bits per heavy atom. The van der Waals surface area contributed by atoms with E-state index >= 15 is 0 Å². The molecule has 0 aliphatic rings. The van der Waals surface area contributed by atoms with Crippen LogP contribution in [-0.2, 0) is 9.59 Å². The summed E-state index contributed by atoms with van der Waals surface area (Å²) >= 11 is 18.2. The van der Waals surface area contributed by atoms with E-state index in [0.717, 1.165) is 0 Å². The first-order chi connectivity index (χ1) is 12.3. The zero-order valence-electron chi connectivity index (χ0n) is 13.0. The largest absolute Gasteiger partial charge is 0.483 e. The maximum absolute atomic E-state index is 11.7. The number of benzene rings is 2. The summed E-state index contributed by atoms with van der Waals surface area (Å²) in [6, 6.07) is 9.79. The molecule has 0 saturated heterocycles. The van der Waals surface area contributed by atoms with E-state index in [1.807, 2.05) is 0 Å². The number of hydrogen-bond acceptors (Lipinski definition) is 4. The summed E-state index contributed by atoms with van der Waals surface area (Å²) in [5, 5.41) is 1.07. The van der Waals surface area contributed by atoms with Gasteiger partial charge >= 0.3 is 0 Å². The predicted molar refractivity (Wildman–Crippen MR) is 106 cm³/mol. The predicted octanol–water partition coefficient (Wildman–Crippen LogP) is 4.12. The third-order valence-electron chi connectivity index (χ3n) is 2.85. The average Bonchev–Trinajstić information content (AvgIpc) is 2.58. The maximum atomic E-state index is 11.7. The van der Waals surface area contributed by atoms with Crippen molar-refractivity contribution in [1.82, 2.24) is 10.9 Å². The first-order valence-electron chi connectivity index (χ1n) is 7.08. The second-order valence-corrected chi connectivity index (χ2v) is 7.40. The molecule has 2 amide bonds. The molecule has 0 atom stereocenters. The lowest BCUT2D eigenvalue weighted by molar-refractivity contribution is -0.131. The molecule has 0 radical (unpaired) electrons. The molecule has 26 heavy (non-hydrogen) atoms. The first kappa shape index (κ1) is 20.8. The van der Waals surface area contributed by atoms with Gasteiger partial charge in [0.15, 0.2) is 13.2 Å². The molecule has 2 N–H and O–H groups in total. The summed E-state index contributed by atoms with van der Waals surface area (Å²) in [5.41, 5.74) is 4.45. The average molecular weight is 527 g/mol. The molecule has 2 aromatic carbocycles. The summed E-state index contributed by atoms with van der Waals surface area (Å²) in [7, 11) is 0. The summed E-state index contributed by atoms with van der Waals surface area (Å²) < 4.78 is 11.9. The molecule has 0 spiro atoms. The Kier molecular flexibility index (Phi) is 8.02. The normalized spacial score (nSPS) is 10.2. The van der Waals surface area contributed by atoms with Crippen molar-refractivity contribution in [3.05, 3.63) is 55.4 Å². The van der Waals surface area contributed by atoms with Crippen molar-refractivity contribution >= 4 is 66.9 Å². The summed E-state index contributed by atoms with van der Waals surface area (Å²) in [6.45, 7) is -0.575. The molecule has 0 saturated carbocycles. The van der Waals surface area contributed by atoms with E-state index in [0.29, 0.717) is 30.5 Å². The Morgan fingerprint density at radius 1 is 0.808 bits per heavy atom. The van der Waals surface area contributed by atoms with Crippen LogP contribution in [0.2, 0.25) is 10.0 Å². The second-order valence-electron chi connectivity index (χ2n) is 4.82. The highest BCUT2D eigenvalue weighted by molar-refractivity contribution is 9.10. The van der Waals surface area contributed by atoms with Crippen LogP contribution < -0.4 is 20.3 Å². The van der Waals surface area contributed by atoms with Crippen LogP contribution in [0.15, 0.2) is 45.3 Å². The summed E-state index contributed by atoms with van der Waals surface area (Å²) in [6.07, 6.45) is 0. The number of hydrazine groups is 1. The van der Waals surface area contributed by atoms with Crippen LogP contribution in [-0.4, -0.2) is 25.0 Å². The molecule has 0 bridgehead atoms. The minimum Gasteiger partial charge on any atom is -0.483 e. The van der Waals surface area contributed by atoms with Crippen LogP contribution in [0.1, 0.15) is 0 Å². The van der Waals surface area contributed by atoms with Crippen molar-refractivity contribution in [2.75, 3.05) is 13.2 Å². The number of hydrogen-bond donors (Lipinski definition) is 2. The highest BCUT2D eigenvalue weighted by Gasteiger charge is 2.09. The van der Waals surface area contributed by atoms with Crippen molar-refractivity contribution in [1.29, 1.82) is 0 Å². The third kappa shape index (κ3) is 6.68. The van der Waals surface area contributed by atoms with E-state index < -0.39 is 11.8 Å². The minimum absolute atomic E-state index is 0.288. The number of carbonyl (C=O) groups excluding carboxylic acids is 2. The highest BCUT2D eigenvalue weighted by atomic mass is 79.9. The van der Waals surface area contributed by atoms with Gasteiger partial charge in [-0.15, -0.1) is 0 Å². The molecule has 0 aliphatic heterocycles. The fraction of sp³-hybridized carbons (Fsp3) is 0.125. The first-order valence-corrected chi connectivity index (χ1v) is 9.42. The monoisotopic (exact) mass is 524 g/mol. The van der Waals surface area contributed by atoms with E-state index in [1.165, 1.54) is 0 Å². The van der Waals surface area contributed by atoms with Gasteiger partial charge in [-0.2, -0.15) is 0 Å². The van der Waals surface area contributed by atoms with E-state index in [9.17, 15) is 9.59 Å². The number of carbonyl (C=O) groups is 2. The van der Waals surface area contributed by atoms with E-state index in [4.69, 9.17) is 32.7 Å². The van der Waals surface area contributed by atoms with Gasteiger partial charge in [0.2, 0.25) is 0 Å². The Balaban J connectivity index is 1.72. The van der Waals surface area contributed by atoms with E-state index in [-0.39, 0.29) is 13.2 Å². The lowest BCUT2D eigenvalue weighted by atomic mass is 10.3. The fourth-order valence-corrected chi connectivity index (χ4v) is 3.28. The van der Waals surface area contributed by atoms with Crippen LogP contribution in [0.4, 0.5) is 0 Å². The quantitative estimate of drug-likeness (QED) is 0.555. The van der Waals surface area contributed by atoms with Crippen molar-refractivity contribution in [3.8, 4) is 11.5 Å². The summed E-state index contributed by atoms with van der Waals surface area (Å²) in [4.78, 5) is 23.4. The Morgan fingerprint density at radius 3 is 1.54 bits per heavy atom. The minimum atomic E-state index is -0.534. The third-order valence-corrected chi connectivity index (χ3v) is 4.56. The standard InChI is InChI=1S/C16H12Br2Cl2N2O4/c17-11-5-9(19)1-3-13(11)25-7-15(23)21-22-16(24)8-26-14-4-2-10(20)6-12(14)18/h1-6H,7-8H2,(H,21,23)(H,22,24). The molecule has 2 rings (SSSR count). The Hall–Kier alpha value is -1.48. The molecule has 2 aromatic rings. The highest BCUT2D eigenvalue weighted by Crippen LogP contribution is 2.28. The van der Waals surface area contributed by atoms with Gasteiger partial charge in [-0.25, -0.2) is 0 Å². The van der Waals surface area contributed by atoms with E-state index in [1.54, 1.807) is 36.4 Å². The van der Waals surface area contributed by atoms with Gasteiger partial charge in [0.05, 0.1) is 8.95 Å². The molecule has 6 nitrogen and oxygen atoms in total. The molecule has 10 heteroatoms. The van der Waals surface area contributed by atoms with Gasteiger partial charge in [0.25, 0.3) is 11.8 Å². The fourth-order valence-electron chi connectivity index (χ4n) is 1.68. The number of halogens is 4. The van der Waals surface area contributed by atoms with Gasteiger partial charge in [0, 0.05) is 10.0 Å². The number of nitrogens with one attached hydrogen (secondary N) is 2. The molecule has 0 aromatic heterocycles. The molecule has 0 aliphatic carbocycles. The van der Waals surface area contributed by atoms with Crippen LogP contribution in [0.5, 0.6) is 11.5 Å². The molecule has 0 heterocycles. The van der Waals surface area contributed by atoms with Crippen LogP contribution >= 0.6 is 55.1 Å². The van der Waals surface area contributed by atoms with Crippen LogP contribution in [0.3, 0.4) is 0 Å². The smallest absolute Gasteiger partial charge is 0.276 e. The van der Waals surface area contributed by atoms with Gasteiger partial charge < -0.3 is 9.47 Å². The molecular formula is C16H12Br2Cl2N2O4. The molecule has 0 unspecified atom stereocenters. The Bertz CT molecular complexity index is 753. The van der Waals surface area contributed by atoms with Crippen molar-refractivity contribution in [2.24, 2.45) is 0 Å². The van der Waals surface area contributed by atoms with E-state index in [2.05, 4.69) is 42.7 Å². The van der Waals surface area contributed by atoms with Gasteiger partial charge in [-0.1, -0.05) is 23.2 Å². The topological polar surface area (TPSA) is 76.7 Å². The lowest BCUT2D eigenvalue weighted by Crippen LogP contribution is -2.45. The van der Waals surface area contributed by atoms with Gasteiger partial charge in [0.1, 0.15) is 11.5 Å². The SMILES string of the molecule is O=C(COc1ccc(Cl)cc1Br)NNC(=O)COc1ccc(Cl)cc1Br. The number of ether oxygens (including phenoxy) is 2. The lowest BCUT2D eigenvalue weighted by Gasteiger charge is -2.11. The molecule has 138 valence electrons. The zero-order valence-corrected chi connectivity index (χ0v) is 17.7. The van der Waals surface area contributed by atoms with Crippen molar-refractivity contribution in [3.63, 3.8) is 0 Å². The van der Waals surface area contributed by atoms with Gasteiger partial charge in [-0.05, 0) is 68.3 Å². The van der Waals surface area contributed by atoms with Crippen molar-refractivity contribution in [2.45, 2.75) is 0 Å². The van der Waals surface area contributed by atoms with Gasteiger partial charge in [-0.3, -0.25) is 20.4 Å². The molecular weight excluding hydrogens is 515 g/mol. The number of amides is 2. The van der Waals surface area contributed by atoms with Crippen LogP contribution in [0.25, 0.3) is 0 Å². The molecule has 0 fully saturated rings. The number of rotatable bonds is 6. The Labute approximate surface area is 176 Å².